The van der Waals surface area contributed by atoms with E-state index in [-0.39, 0.29) is 29.9 Å². The van der Waals surface area contributed by atoms with Crippen molar-refractivity contribution in [1.82, 2.24) is 14.3 Å². The Morgan fingerprint density at radius 1 is 1.19 bits per heavy atom. The Hall–Kier alpha value is -2.39. The van der Waals surface area contributed by atoms with E-state index in [1.165, 1.54) is 10.4 Å². The lowest BCUT2D eigenvalue weighted by Crippen LogP contribution is -2.41. The largest absolute Gasteiger partial charge is 0.292 e. The normalized spacial score (nSPS) is 20.0. The third kappa shape index (κ3) is 4.34. The number of hydrogen-bond acceptors (Lipinski definition) is 5. The van der Waals surface area contributed by atoms with Gasteiger partial charge >= 0.3 is 0 Å². The molecule has 31 heavy (non-hydrogen) atoms. The molecule has 1 atom stereocenters. The second-order valence-corrected chi connectivity index (χ2v) is 10.4. The molecule has 1 aromatic carbocycles. The quantitative estimate of drug-likeness (QED) is 0.705. The summed E-state index contributed by atoms with van der Waals surface area (Å²) in [6.07, 6.45) is 2.41. The van der Waals surface area contributed by atoms with Crippen LogP contribution in [0.2, 0.25) is 0 Å². The predicted octanol–water partition coefficient (Wildman–Crippen LogP) is 2.93. The lowest BCUT2D eigenvalue weighted by Gasteiger charge is -2.33. The monoisotopic (exact) mass is 446 g/mol. The Bertz CT molecular complexity index is 1110. The molecule has 0 N–H and O–H groups in total. The maximum atomic E-state index is 14.3. The van der Waals surface area contributed by atoms with E-state index in [0.717, 1.165) is 24.1 Å². The molecule has 0 unspecified atom stereocenters. The minimum Gasteiger partial charge on any atom is -0.292 e. The van der Waals surface area contributed by atoms with Crippen LogP contribution in [0.15, 0.2) is 24.3 Å². The van der Waals surface area contributed by atoms with E-state index < -0.39 is 10.0 Å². The van der Waals surface area contributed by atoms with E-state index in [4.69, 9.17) is 9.97 Å². The number of fused-ring (bicyclic) bond motifs is 1. The molecule has 0 radical (unpaired) electrons. The first-order valence-electron chi connectivity index (χ1n) is 10.7. The summed E-state index contributed by atoms with van der Waals surface area (Å²) in [5.41, 5.74) is 2.12. The van der Waals surface area contributed by atoms with Crippen molar-refractivity contribution in [2.45, 2.75) is 52.0 Å². The molecule has 4 rings (SSSR count). The Morgan fingerprint density at radius 2 is 1.97 bits per heavy atom. The van der Waals surface area contributed by atoms with Crippen LogP contribution in [0.25, 0.3) is 0 Å². The Balaban J connectivity index is 1.69. The third-order valence-corrected chi connectivity index (χ3v) is 8.00. The summed E-state index contributed by atoms with van der Waals surface area (Å²) in [4.78, 5) is 23.7. The molecule has 0 spiro atoms. The van der Waals surface area contributed by atoms with E-state index in [1.807, 2.05) is 6.92 Å². The first kappa shape index (κ1) is 21.8. The molecular weight excluding hydrogens is 419 g/mol. The van der Waals surface area contributed by atoms with Gasteiger partial charge in [-0.1, -0.05) is 18.2 Å². The molecule has 166 valence electrons. The van der Waals surface area contributed by atoms with Gasteiger partial charge in [0.05, 0.1) is 12.3 Å². The summed E-state index contributed by atoms with van der Waals surface area (Å²) in [5.74, 6) is 0.554. The third-order valence-electron chi connectivity index (χ3n) is 6.15. The molecule has 2 aliphatic rings. The second kappa shape index (κ2) is 8.63. The Kier molecular flexibility index (Phi) is 6.07. The van der Waals surface area contributed by atoms with Crippen LogP contribution in [-0.4, -0.2) is 47.4 Å². The first-order chi connectivity index (χ1) is 14.8. The van der Waals surface area contributed by atoms with Gasteiger partial charge in [-0.15, -0.1) is 0 Å². The van der Waals surface area contributed by atoms with Crippen LogP contribution in [0.3, 0.4) is 0 Å². The second-order valence-electron chi connectivity index (χ2n) is 8.14. The number of nitrogens with zero attached hydrogens (tertiary/aromatic N) is 4. The fraction of sp³-hybridized carbons (Fsp3) is 0.500. The zero-order valence-corrected chi connectivity index (χ0v) is 18.7. The topological polar surface area (TPSA) is 83.5 Å². The summed E-state index contributed by atoms with van der Waals surface area (Å²) < 4.78 is 40.5. The number of aromatic nitrogens is 2. The van der Waals surface area contributed by atoms with Gasteiger partial charge in [0.1, 0.15) is 17.5 Å². The smallest absolute Gasteiger partial charge is 0.228 e. The highest BCUT2D eigenvalue weighted by Crippen LogP contribution is 2.33. The molecule has 1 saturated heterocycles. The van der Waals surface area contributed by atoms with Crippen molar-refractivity contribution in [1.29, 1.82) is 0 Å². The number of sulfonamides is 1. The molecule has 0 bridgehead atoms. The van der Waals surface area contributed by atoms with Crippen LogP contribution in [0.1, 0.15) is 54.7 Å². The van der Waals surface area contributed by atoms with Crippen LogP contribution in [0, 0.1) is 12.7 Å². The van der Waals surface area contributed by atoms with Gasteiger partial charge in [-0.25, -0.2) is 27.1 Å². The molecule has 9 heteroatoms. The van der Waals surface area contributed by atoms with Crippen LogP contribution >= 0.6 is 0 Å². The minimum absolute atomic E-state index is 0.0642. The van der Waals surface area contributed by atoms with Crippen molar-refractivity contribution < 1.29 is 17.6 Å². The lowest BCUT2D eigenvalue weighted by molar-refractivity contribution is -0.119. The number of carbonyl (C=O) groups is 1. The van der Waals surface area contributed by atoms with E-state index in [2.05, 4.69) is 0 Å². The van der Waals surface area contributed by atoms with E-state index in [9.17, 15) is 17.6 Å². The first-order valence-corrected chi connectivity index (χ1v) is 12.3. The lowest BCUT2D eigenvalue weighted by atomic mass is 9.97. The molecule has 0 saturated carbocycles. The number of piperidine rings is 1. The molecule has 7 nitrogen and oxygen atoms in total. The Morgan fingerprint density at radius 3 is 2.71 bits per heavy atom. The van der Waals surface area contributed by atoms with Gasteiger partial charge in [-0.3, -0.25) is 9.69 Å². The van der Waals surface area contributed by atoms with Gasteiger partial charge in [-0.2, -0.15) is 0 Å². The molecular formula is C22H27FN4O3S. The minimum atomic E-state index is -3.28. The molecule has 3 heterocycles. The van der Waals surface area contributed by atoms with E-state index in [0.29, 0.717) is 43.1 Å². The molecule has 1 fully saturated rings. The summed E-state index contributed by atoms with van der Waals surface area (Å²) >= 11 is 0. The van der Waals surface area contributed by atoms with Crippen molar-refractivity contribution in [2.75, 3.05) is 23.7 Å². The van der Waals surface area contributed by atoms with Gasteiger partial charge in [-0.05, 0) is 39.2 Å². The summed E-state index contributed by atoms with van der Waals surface area (Å²) in [6.45, 7) is 4.49. The summed E-state index contributed by atoms with van der Waals surface area (Å²) in [6, 6.07) is 6.41. The van der Waals surface area contributed by atoms with Crippen LogP contribution in [-0.2, 0) is 27.8 Å². The SMILES string of the molecule is CCS(=O)(=O)N1CCC[C@H](c2nc(C)c3c(n2)N(Cc2ccccc2F)C(=O)CC3)C1. The number of halogens is 1. The van der Waals surface area contributed by atoms with Crippen molar-refractivity contribution in [3.63, 3.8) is 0 Å². The highest BCUT2D eigenvalue weighted by atomic mass is 32.2. The van der Waals surface area contributed by atoms with Crippen LogP contribution < -0.4 is 4.90 Å². The van der Waals surface area contributed by atoms with Crippen molar-refractivity contribution in [3.05, 3.63) is 52.7 Å². The molecule has 0 aliphatic carbocycles. The fourth-order valence-electron chi connectivity index (χ4n) is 4.33. The number of aryl methyl sites for hydroxylation is 1. The van der Waals surface area contributed by atoms with Gasteiger partial charge in [0.2, 0.25) is 15.9 Å². The zero-order chi connectivity index (χ0) is 22.2. The van der Waals surface area contributed by atoms with Crippen molar-refractivity contribution >= 4 is 21.7 Å². The molecule has 2 aromatic rings. The van der Waals surface area contributed by atoms with Crippen LogP contribution in [0.4, 0.5) is 10.2 Å². The number of amides is 1. The highest BCUT2D eigenvalue weighted by molar-refractivity contribution is 7.89. The molecule has 1 amide bonds. The van der Waals surface area contributed by atoms with Crippen molar-refractivity contribution in [3.8, 4) is 0 Å². The Labute approximate surface area is 182 Å². The predicted molar refractivity (Wildman–Crippen MR) is 116 cm³/mol. The van der Waals surface area contributed by atoms with Crippen molar-refractivity contribution in [2.24, 2.45) is 0 Å². The highest BCUT2D eigenvalue weighted by Gasteiger charge is 2.33. The summed E-state index contributed by atoms with van der Waals surface area (Å²) in [5, 5.41) is 0. The number of benzene rings is 1. The van der Waals surface area contributed by atoms with Crippen LogP contribution in [0.5, 0.6) is 0 Å². The standard InChI is InChI=1S/C22H27FN4O3S/c1-3-31(29,30)26-12-6-8-17(13-26)21-24-15(2)18-10-11-20(28)27(22(18)25-21)14-16-7-4-5-9-19(16)23/h4-5,7,9,17H,3,6,8,10-14H2,1-2H3/t17-/m0/s1. The summed E-state index contributed by atoms with van der Waals surface area (Å²) in [7, 11) is -3.28. The van der Waals surface area contributed by atoms with Gasteiger partial charge in [0.25, 0.3) is 0 Å². The average molecular weight is 447 g/mol. The number of anilines is 1. The fourth-order valence-corrected chi connectivity index (χ4v) is 5.51. The molecule has 1 aromatic heterocycles. The maximum Gasteiger partial charge on any atom is 0.228 e. The number of rotatable bonds is 5. The zero-order valence-electron chi connectivity index (χ0n) is 17.8. The average Bonchev–Trinajstić information content (AvgIpc) is 2.77. The van der Waals surface area contributed by atoms with Gasteiger partial charge in [0, 0.05) is 42.2 Å². The number of carbonyl (C=O) groups excluding carboxylic acids is 1. The number of hydrogen-bond donors (Lipinski definition) is 0. The maximum absolute atomic E-state index is 14.3. The van der Waals surface area contributed by atoms with Gasteiger partial charge < -0.3 is 0 Å². The van der Waals surface area contributed by atoms with E-state index >= 15 is 0 Å². The van der Waals surface area contributed by atoms with E-state index in [1.54, 1.807) is 30.0 Å². The molecule has 2 aliphatic heterocycles. The van der Waals surface area contributed by atoms with Gasteiger partial charge in [0.15, 0.2) is 0 Å².